The van der Waals surface area contributed by atoms with Gasteiger partial charge in [0.1, 0.15) is 5.69 Å². The van der Waals surface area contributed by atoms with Crippen molar-refractivity contribution in [3.05, 3.63) is 28.5 Å². The van der Waals surface area contributed by atoms with E-state index < -0.39 is 0 Å². The van der Waals surface area contributed by atoms with E-state index in [0.29, 0.717) is 18.3 Å². The lowest BCUT2D eigenvalue weighted by Gasteiger charge is -2.10. The largest absolute Gasteiger partial charge is 0.351 e. The summed E-state index contributed by atoms with van der Waals surface area (Å²) < 4.78 is 0.879. The molecule has 1 fully saturated rings. The van der Waals surface area contributed by atoms with E-state index in [2.05, 4.69) is 31.5 Å². The van der Waals surface area contributed by atoms with Crippen LogP contribution in [0.15, 0.2) is 22.8 Å². The summed E-state index contributed by atoms with van der Waals surface area (Å²) in [7, 11) is 0. The van der Waals surface area contributed by atoms with Gasteiger partial charge in [-0.15, -0.1) is 24.8 Å². The van der Waals surface area contributed by atoms with E-state index in [1.54, 1.807) is 12.3 Å². The van der Waals surface area contributed by atoms with Crippen LogP contribution in [0.5, 0.6) is 0 Å². The molecule has 2 rings (SSSR count). The zero-order chi connectivity index (χ0) is 12.1. The summed E-state index contributed by atoms with van der Waals surface area (Å²) in [4.78, 5) is 15.8. The molecule has 0 bridgehead atoms. The summed E-state index contributed by atoms with van der Waals surface area (Å²) in [5.74, 6) is -0.101. The lowest BCUT2D eigenvalue weighted by molar-refractivity contribution is 0.0947. The van der Waals surface area contributed by atoms with Crippen LogP contribution in [0.2, 0.25) is 0 Å². The summed E-state index contributed by atoms with van der Waals surface area (Å²) in [5, 5.41) is 6.29. The van der Waals surface area contributed by atoms with Gasteiger partial charge in [0.25, 0.3) is 5.91 Å². The molecule has 2 heterocycles. The quantitative estimate of drug-likeness (QED) is 0.856. The van der Waals surface area contributed by atoms with Gasteiger partial charge in [-0.3, -0.25) is 4.79 Å². The van der Waals surface area contributed by atoms with Gasteiger partial charge in [0.15, 0.2) is 0 Å². The normalized spacial score (nSPS) is 17.2. The lowest BCUT2D eigenvalue weighted by Crippen LogP contribution is -2.30. The minimum absolute atomic E-state index is 0. The molecule has 1 aliphatic heterocycles. The van der Waals surface area contributed by atoms with Crippen molar-refractivity contribution < 1.29 is 4.79 Å². The van der Waals surface area contributed by atoms with E-state index in [0.717, 1.165) is 17.4 Å². The molecule has 19 heavy (non-hydrogen) atoms. The Morgan fingerprint density at radius 3 is 2.84 bits per heavy atom. The maximum absolute atomic E-state index is 11.7. The number of halogens is 3. The van der Waals surface area contributed by atoms with Crippen LogP contribution in [-0.4, -0.2) is 30.0 Å². The third-order valence-electron chi connectivity index (χ3n) is 2.90. The molecule has 108 valence electrons. The maximum atomic E-state index is 11.7. The number of aromatic nitrogens is 1. The number of nitrogens with one attached hydrogen (secondary N) is 2. The summed E-state index contributed by atoms with van der Waals surface area (Å²) in [5.41, 5.74) is 0.465. The fourth-order valence-corrected chi connectivity index (χ4v) is 2.20. The van der Waals surface area contributed by atoms with Crippen LogP contribution < -0.4 is 10.6 Å². The molecule has 7 heteroatoms. The highest BCUT2D eigenvalue weighted by atomic mass is 79.9. The van der Waals surface area contributed by atoms with Crippen molar-refractivity contribution in [2.24, 2.45) is 0 Å². The van der Waals surface area contributed by atoms with Crippen LogP contribution in [0.4, 0.5) is 0 Å². The summed E-state index contributed by atoms with van der Waals surface area (Å²) in [6, 6.07) is 4.10. The number of pyridine rings is 1. The molecule has 1 atom stereocenters. The van der Waals surface area contributed by atoms with Crippen molar-refractivity contribution in [1.82, 2.24) is 15.6 Å². The average molecular weight is 371 g/mol. The molecule has 1 amide bonds. The van der Waals surface area contributed by atoms with Crippen molar-refractivity contribution in [2.45, 2.75) is 25.3 Å². The first-order chi connectivity index (χ1) is 8.25. The molecule has 0 unspecified atom stereocenters. The molecular formula is C12H18BrCl2N3O. The second-order valence-corrected chi connectivity index (χ2v) is 5.12. The monoisotopic (exact) mass is 369 g/mol. The predicted octanol–water partition coefficient (Wildman–Crippen LogP) is 2.56. The zero-order valence-corrected chi connectivity index (χ0v) is 13.6. The highest BCUT2D eigenvalue weighted by Gasteiger charge is 2.14. The molecule has 1 aromatic rings. The van der Waals surface area contributed by atoms with Gasteiger partial charge in [0.05, 0.1) is 0 Å². The number of hydrogen-bond acceptors (Lipinski definition) is 3. The summed E-state index contributed by atoms with van der Waals surface area (Å²) >= 11 is 3.29. The van der Waals surface area contributed by atoms with Gasteiger partial charge in [-0.1, -0.05) is 0 Å². The molecule has 1 aliphatic rings. The van der Waals surface area contributed by atoms with Crippen LogP contribution >= 0.6 is 40.7 Å². The Kier molecular flexibility index (Phi) is 9.35. The lowest BCUT2D eigenvalue weighted by atomic mass is 10.1. The number of carbonyl (C=O) groups excluding carboxylic acids is 1. The topological polar surface area (TPSA) is 54.0 Å². The number of nitrogens with zero attached hydrogens (tertiary/aromatic N) is 1. The standard InChI is InChI=1S/C12H16BrN3O.2ClH/c13-9-3-4-11(16-8-9)12(17)15-7-5-10-2-1-6-14-10;;/h3-4,8,10,14H,1-2,5-7H2,(H,15,17);2*1H/t10-;;/m1../s1. The van der Waals surface area contributed by atoms with Crippen molar-refractivity contribution in [2.75, 3.05) is 13.1 Å². The summed E-state index contributed by atoms with van der Waals surface area (Å²) in [6.45, 7) is 1.81. The number of hydrogen-bond donors (Lipinski definition) is 2. The van der Waals surface area contributed by atoms with Crippen LogP contribution in [0.3, 0.4) is 0 Å². The highest BCUT2D eigenvalue weighted by Crippen LogP contribution is 2.09. The Morgan fingerprint density at radius 2 is 2.26 bits per heavy atom. The molecule has 4 nitrogen and oxygen atoms in total. The van der Waals surface area contributed by atoms with Gasteiger partial charge in [0.2, 0.25) is 0 Å². The fraction of sp³-hybridized carbons (Fsp3) is 0.500. The zero-order valence-electron chi connectivity index (χ0n) is 10.4. The Bertz CT molecular complexity index is 383. The van der Waals surface area contributed by atoms with E-state index >= 15 is 0 Å². The minimum Gasteiger partial charge on any atom is -0.351 e. The van der Waals surface area contributed by atoms with Gasteiger partial charge in [-0.05, 0) is 53.9 Å². The minimum atomic E-state index is -0.101. The van der Waals surface area contributed by atoms with Crippen molar-refractivity contribution in [3.8, 4) is 0 Å². The molecule has 0 aliphatic carbocycles. The molecule has 0 saturated carbocycles. The Morgan fingerprint density at radius 1 is 1.47 bits per heavy atom. The molecular weight excluding hydrogens is 353 g/mol. The van der Waals surface area contributed by atoms with E-state index in [9.17, 15) is 4.79 Å². The first kappa shape index (κ1) is 18.6. The van der Waals surface area contributed by atoms with Gasteiger partial charge in [-0.2, -0.15) is 0 Å². The molecule has 0 aromatic carbocycles. The van der Waals surface area contributed by atoms with E-state index in [1.807, 2.05) is 6.07 Å². The number of carbonyl (C=O) groups is 1. The third kappa shape index (κ3) is 6.08. The Labute approximate surface area is 134 Å². The van der Waals surface area contributed by atoms with Gasteiger partial charge in [-0.25, -0.2) is 4.98 Å². The van der Waals surface area contributed by atoms with Crippen molar-refractivity contribution in [3.63, 3.8) is 0 Å². The van der Waals surface area contributed by atoms with Crippen molar-refractivity contribution >= 4 is 46.7 Å². The molecule has 1 saturated heterocycles. The molecule has 0 spiro atoms. The van der Waals surface area contributed by atoms with Gasteiger partial charge in [0, 0.05) is 23.3 Å². The predicted molar refractivity (Wildman–Crippen MR) is 84.4 cm³/mol. The SMILES string of the molecule is Cl.Cl.O=C(NCC[C@H]1CCCN1)c1ccc(Br)cn1. The third-order valence-corrected chi connectivity index (χ3v) is 3.37. The number of rotatable bonds is 4. The first-order valence-electron chi connectivity index (χ1n) is 5.89. The second kappa shape index (κ2) is 9.53. The Hall–Kier alpha value is -0.360. The van der Waals surface area contributed by atoms with Crippen LogP contribution in [-0.2, 0) is 0 Å². The van der Waals surface area contributed by atoms with Crippen molar-refractivity contribution in [1.29, 1.82) is 0 Å². The highest BCUT2D eigenvalue weighted by molar-refractivity contribution is 9.10. The maximum Gasteiger partial charge on any atom is 0.269 e. The first-order valence-corrected chi connectivity index (χ1v) is 6.68. The van der Waals surface area contributed by atoms with E-state index in [4.69, 9.17) is 0 Å². The fourth-order valence-electron chi connectivity index (χ4n) is 1.96. The Balaban J connectivity index is 0.00000162. The molecule has 0 radical (unpaired) electrons. The smallest absolute Gasteiger partial charge is 0.269 e. The van der Waals surface area contributed by atoms with Crippen LogP contribution in [0.1, 0.15) is 29.8 Å². The molecule has 2 N–H and O–H groups in total. The van der Waals surface area contributed by atoms with Crippen LogP contribution in [0, 0.1) is 0 Å². The van der Waals surface area contributed by atoms with Gasteiger partial charge < -0.3 is 10.6 Å². The van der Waals surface area contributed by atoms with Crippen LogP contribution in [0.25, 0.3) is 0 Å². The van der Waals surface area contributed by atoms with E-state index in [1.165, 1.54) is 12.8 Å². The van der Waals surface area contributed by atoms with E-state index in [-0.39, 0.29) is 30.7 Å². The summed E-state index contributed by atoms with van der Waals surface area (Å²) in [6.07, 6.45) is 5.08. The molecule has 1 aromatic heterocycles. The van der Waals surface area contributed by atoms with Gasteiger partial charge >= 0.3 is 0 Å². The average Bonchev–Trinajstić information content (AvgIpc) is 2.83. The second-order valence-electron chi connectivity index (χ2n) is 4.20. The number of amides is 1.